The van der Waals surface area contributed by atoms with Gasteiger partial charge in [0.15, 0.2) is 0 Å². The summed E-state index contributed by atoms with van der Waals surface area (Å²) in [5.74, 6) is 1.26. The van der Waals surface area contributed by atoms with Gasteiger partial charge in [-0.2, -0.15) is 0 Å². The molecular formula is C8H17NO. The first-order valence-corrected chi connectivity index (χ1v) is 4.16. The molecule has 1 heterocycles. The van der Waals surface area contributed by atoms with Crippen LogP contribution >= 0.6 is 0 Å². The van der Waals surface area contributed by atoms with Gasteiger partial charge in [0, 0.05) is 6.61 Å². The van der Waals surface area contributed by atoms with E-state index in [1.54, 1.807) is 0 Å². The number of nitrogens with one attached hydrogen (secondary N) is 1. The van der Waals surface area contributed by atoms with Crippen LogP contribution in [0.2, 0.25) is 0 Å². The van der Waals surface area contributed by atoms with Crippen molar-refractivity contribution in [2.24, 2.45) is 11.8 Å². The molecule has 0 amide bonds. The Morgan fingerprint density at radius 2 is 2.10 bits per heavy atom. The Kier molecular flexibility index (Phi) is 3.16. The maximum atomic E-state index is 8.87. The fourth-order valence-electron chi connectivity index (χ4n) is 1.56. The van der Waals surface area contributed by atoms with E-state index in [-0.39, 0.29) is 0 Å². The quantitative estimate of drug-likeness (QED) is 0.593. The molecule has 2 nitrogen and oxygen atoms in total. The van der Waals surface area contributed by atoms with Crippen molar-refractivity contribution in [1.29, 1.82) is 0 Å². The van der Waals surface area contributed by atoms with Gasteiger partial charge in [-0.15, -0.1) is 0 Å². The largest absolute Gasteiger partial charge is 0.396 e. The second-order valence-corrected chi connectivity index (χ2v) is 3.25. The molecular weight excluding hydrogens is 126 g/mol. The lowest BCUT2D eigenvalue weighted by Gasteiger charge is -2.26. The molecule has 0 saturated carbocycles. The third kappa shape index (κ3) is 1.96. The molecule has 0 aromatic heterocycles. The average Bonchev–Trinajstić information content (AvgIpc) is 2.05. The molecule has 10 heavy (non-hydrogen) atoms. The molecule has 1 aliphatic heterocycles. The van der Waals surface area contributed by atoms with Crippen LogP contribution in [0.15, 0.2) is 0 Å². The van der Waals surface area contributed by atoms with E-state index < -0.39 is 0 Å². The zero-order chi connectivity index (χ0) is 7.40. The Morgan fingerprint density at radius 3 is 2.60 bits per heavy atom. The van der Waals surface area contributed by atoms with Gasteiger partial charge in [-0.25, -0.2) is 0 Å². The number of piperidine rings is 1. The van der Waals surface area contributed by atoms with Crippen molar-refractivity contribution < 1.29 is 5.11 Å². The average molecular weight is 143 g/mol. The van der Waals surface area contributed by atoms with E-state index in [1.807, 2.05) is 0 Å². The molecule has 0 unspecified atom stereocenters. The van der Waals surface area contributed by atoms with Crippen LogP contribution in [0, 0.1) is 11.8 Å². The number of aliphatic hydroxyl groups is 1. The summed E-state index contributed by atoms with van der Waals surface area (Å²) in [6.07, 6.45) is 2.48. The molecule has 1 aliphatic rings. The van der Waals surface area contributed by atoms with E-state index >= 15 is 0 Å². The molecule has 1 rings (SSSR count). The first-order valence-electron chi connectivity index (χ1n) is 4.16. The molecule has 0 aromatic rings. The molecule has 0 spiro atoms. The van der Waals surface area contributed by atoms with Gasteiger partial charge < -0.3 is 10.4 Å². The van der Waals surface area contributed by atoms with Gasteiger partial charge in [0.25, 0.3) is 0 Å². The molecule has 0 bridgehead atoms. The summed E-state index contributed by atoms with van der Waals surface area (Å²) in [6, 6.07) is 0. The van der Waals surface area contributed by atoms with E-state index in [0.717, 1.165) is 19.0 Å². The highest BCUT2D eigenvalue weighted by atomic mass is 16.3. The summed E-state index contributed by atoms with van der Waals surface area (Å²) in [6.45, 7) is 4.75. The minimum atomic E-state index is 0.352. The maximum absolute atomic E-state index is 8.87. The number of hydrogen-bond acceptors (Lipinski definition) is 2. The van der Waals surface area contributed by atoms with Crippen LogP contribution in [0.1, 0.15) is 19.8 Å². The molecule has 60 valence electrons. The molecule has 1 atom stereocenters. The van der Waals surface area contributed by atoms with Crippen molar-refractivity contribution in [2.45, 2.75) is 19.8 Å². The van der Waals surface area contributed by atoms with Gasteiger partial charge in [-0.3, -0.25) is 0 Å². The number of rotatable bonds is 2. The maximum Gasteiger partial charge on any atom is 0.0459 e. The molecule has 1 saturated heterocycles. The van der Waals surface area contributed by atoms with Crippen molar-refractivity contribution in [3.05, 3.63) is 0 Å². The zero-order valence-corrected chi connectivity index (χ0v) is 6.64. The topological polar surface area (TPSA) is 32.3 Å². The first kappa shape index (κ1) is 8.02. The lowest BCUT2D eigenvalue weighted by Crippen LogP contribution is -2.31. The summed E-state index contributed by atoms with van der Waals surface area (Å²) in [4.78, 5) is 0. The Morgan fingerprint density at radius 1 is 1.50 bits per heavy atom. The summed E-state index contributed by atoms with van der Waals surface area (Å²) in [7, 11) is 0. The molecule has 2 heteroatoms. The highest BCUT2D eigenvalue weighted by Crippen LogP contribution is 2.20. The predicted octanol–water partition coefficient (Wildman–Crippen LogP) is 0.614. The molecule has 0 aromatic carbocycles. The number of hydrogen-bond donors (Lipinski definition) is 2. The lowest BCUT2D eigenvalue weighted by atomic mass is 9.87. The smallest absolute Gasteiger partial charge is 0.0459 e. The highest BCUT2D eigenvalue weighted by Gasteiger charge is 2.18. The van der Waals surface area contributed by atoms with Gasteiger partial charge in [0.1, 0.15) is 0 Å². The van der Waals surface area contributed by atoms with Crippen LogP contribution in [-0.4, -0.2) is 24.8 Å². The summed E-state index contributed by atoms with van der Waals surface area (Å²) in [5, 5.41) is 12.2. The second-order valence-electron chi connectivity index (χ2n) is 3.25. The molecule has 2 N–H and O–H groups in total. The van der Waals surface area contributed by atoms with Crippen molar-refractivity contribution in [3.8, 4) is 0 Å². The standard InChI is InChI=1S/C8H17NO/c1-7(6-10)8-2-4-9-5-3-8/h7-10H,2-6H2,1H3/t7-/m0/s1. The van der Waals surface area contributed by atoms with Crippen LogP contribution < -0.4 is 5.32 Å². The van der Waals surface area contributed by atoms with Crippen LogP contribution in [0.3, 0.4) is 0 Å². The summed E-state index contributed by atoms with van der Waals surface area (Å²) in [5.41, 5.74) is 0. The van der Waals surface area contributed by atoms with E-state index in [2.05, 4.69) is 12.2 Å². The van der Waals surface area contributed by atoms with Crippen LogP contribution in [0.25, 0.3) is 0 Å². The Bertz CT molecular complexity index is 89.3. The molecule has 0 radical (unpaired) electrons. The fourth-order valence-corrected chi connectivity index (χ4v) is 1.56. The van der Waals surface area contributed by atoms with Gasteiger partial charge in [-0.1, -0.05) is 6.92 Å². The Hall–Kier alpha value is -0.0800. The van der Waals surface area contributed by atoms with Crippen molar-refractivity contribution in [3.63, 3.8) is 0 Å². The van der Waals surface area contributed by atoms with Crippen LogP contribution in [0.4, 0.5) is 0 Å². The van der Waals surface area contributed by atoms with E-state index in [9.17, 15) is 0 Å². The van der Waals surface area contributed by atoms with Gasteiger partial charge in [-0.05, 0) is 37.8 Å². The lowest BCUT2D eigenvalue weighted by molar-refractivity contribution is 0.165. The third-order valence-corrected chi connectivity index (χ3v) is 2.48. The third-order valence-electron chi connectivity index (χ3n) is 2.48. The highest BCUT2D eigenvalue weighted by molar-refractivity contribution is 4.72. The van der Waals surface area contributed by atoms with Gasteiger partial charge in [0.05, 0.1) is 0 Å². The summed E-state index contributed by atoms with van der Waals surface area (Å²) < 4.78 is 0. The van der Waals surface area contributed by atoms with Crippen molar-refractivity contribution in [1.82, 2.24) is 5.32 Å². The Labute approximate surface area is 62.6 Å². The normalized spacial score (nSPS) is 24.6. The zero-order valence-electron chi connectivity index (χ0n) is 6.64. The first-order chi connectivity index (χ1) is 4.84. The van der Waals surface area contributed by atoms with E-state index in [1.165, 1.54) is 12.8 Å². The van der Waals surface area contributed by atoms with Crippen LogP contribution in [-0.2, 0) is 0 Å². The molecule has 0 aliphatic carbocycles. The van der Waals surface area contributed by atoms with Crippen molar-refractivity contribution in [2.75, 3.05) is 19.7 Å². The van der Waals surface area contributed by atoms with Crippen LogP contribution in [0.5, 0.6) is 0 Å². The minimum absolute atomic E-state index is 0.352. The Balaban J connectivity index is 2.24. The minimum Gasteiger partial charge on any atom is -0.396 e. The summed E-state index contributed by atoms with van der Waals surface area (Å²) >= 11 is 0. The molecule has 1 fully saturated rings. The SMILES string of the molecule is C[C@@H](CO)C1CCNCC1. The van der Waals surface area contributed by atoms with Gasteiger partial charge >= 0.3 is 0 Å². The van der Waals surface area contributed by atoms with Gasteiger partial charge in [0.2, 0.25) is 0 Å². The van der Waals surface area contributed by atoms with E-state index in [0.29, 0.717) is 12.5 Å². The fraction of sp³-hybridized carbons (Fsp3) is 1.00. The van der Waals surface area contributed by atoms with Crippen molar-refractivity contribution >= 4 is 0 Å². The predicted molar refractivity (Wildman–Crippen MR) is 41.8 cm³/mol. The second kappa shape index (κ2) is 3.94. The number of aliphatic hydroxyl groups excluding tert-OH is 1. The monoisotopic (exact) mass is 143 g/mol. The van der Waals surface area contributed by atoms with E-state index in [4.69, 9.17) is 5.11 Å².